The average molecular weight is 413 g/mol. The molecule has 158 valence electrons. The van der Waals surface area contributed by atoms with Crippen molar-refractivity contribution in [2.75, 3.05) is 12.4 Å². The molecule has 0 spiro atoms. The molecule has 1 aliphatic carbocycles. The Bertz CT molecular complexity index is 1110. The summed E-state index contributed by atoms with van der Waals surface area (Å²) >= 11 is 0. The van der Waals surface area contributed by atoms with Crippen molar-refractivity contribution < 1.29 is 9.59 Å². The lowest BCUT2D eigenvalue weighted by molar-refractivity contribution is -0.111. The minimum Gasteiger partial charge on any atom is -0.339 e. The highest BCUT2D eigenvalue weighted by atomic mass is 16.2. The average Bonchev–Trinajstić information content (AvgIpc) is 2.82. The lowest BCUT2D eigenvalue weighted by Gasteiger charge is -2.31. The molecule has 4 rings (SSSR count). The van der Waals surface area contributed by atoms with Crippen molar-refractivity contribution in [3.63, 3.8) is 0 Å². The second-order valence-corrected chi connectivity index (χ2v) is 8.14. The first-order valence-electron chi connectivity index (χ1n) is 11.0. The van der Waals surface area contributed by atoms with Gasteiger partial charge in [-0.05, 0) is 47.4 Å². The number of para-hydroxylation sites is 1. The van der Waals surface area contributed by atoms with Crippen LogP contribution >= 0.6 is 0 Å². The van der Waals surface area contributed by atoms with Crippen molar-refractivity contribution >= 4 is 34.4 Å². The van der Waals surface area contributed by atoms with Gasteiger partial charge in [0.1, 0.15) is 0 Å². The predicted octanol–water partition coefficient (Wildman–Crippen LogP) is 5.90. The number of nitrogens with one attached hydrogen (secondary N) is 1. The van der Waals surface area contributed by atoms with Crippen LogP contribution in [0, 0.1) is 0 Å². The van der Waals surface area contributed by atoms with E-state index < -0.39 is 0 Å². The van der Waals surface area contributed by atoms with Crippen LogP contribution in [0.2, 0.25) is 0 Å². The molecule has 0 atom stereocenters. The summed E-state index contributed by atoms with van der Waals surface area (Å²) < 4.78 is 0. The number of carbonyl (C=O) groups excluding carboxylic acids is 2. The number of anilines is 1. The molecule has 31 heavy (non-hydrogen) atoms. The molecule has 0 unspecified atom stereocenters. The fourth-order valence-electron chi connectivity index (χ4n) is 4.34. The first-order valence-corrected chi connectivity index (χ1v) is 11.0. The van der Waals surface area contributed by atoms with Crippen LogP contribution in [-0.2, 0) is 4.79 Å². The number of hydrogen-bond acceptors (Lipinski definition) is 2. The molecule has 1 N–H and O–H groups in total. The molecular weight excluding hydrogens is 384 g/mol. The molecule has 0 aliphatic heterocycles. The van der Waals surface area contributed by atoms with Gasteiger partial charge in [0, 0.05) is 19.2 Å². The maximum atomic E-state index is 13.1. The number of carbonyl (C=O) groups is 2. The zero-order chi connectivity index (χ0) is 21.6. The Kier molecular flexibility index (Phi) is 6.46. The highest BCUT2D eigenvalue weighted by Gasteiger charge is 2.24. The Hall–Kier alpha value is -3.40. The normalized spacial score (nSPS) is 14.6. The molecule has 4 nitrogen and oxygen atoms in total. The van der Waals surface area contributed by atoms with Crippen molar-refractivity contribution in [1.82, 2.24) is 4.90 Å². The molecule has 1 fully saturated rings. The Morgan fingerprint density at radius 3 is 2.45 bits per heavy atom. The highest BCUT2D eigenvalue weighted by Crippen LogP contribution is 2.25. The van der Waals surface area contributed by atoms with E-state index in [0.29, 0.717) is 11.3 Å². The summed E-state index contributed by atoms with van der Waals surface area (Å²) in [5.41, 5.74) is 2.06. The maximum absolute atomic E-state index is 13.1. The molecule has 0 aromatic heterocycles. The van der Waals surface area contributed by atoms with Crippen LogP contribution in [0.1, 0.15) is 48.0 Å². The van der Waals surface area contributed by atoms with Crippen LogP contribution < -0.4 is 5.32 Å². The van der Waals surface area contributed by atoms with E-state index in [-0.39, 0.29) is 17.9 Å². The van der Waals surface area contributed by atoms with Gasteiger partial charge >= 0.3 is 0 Å². The minimum atomic E-state index is -0.256. The third kappa shape index (κ3) is 4.85. The first kappa shape index (κ1) is 20.9. The van der Waals surface area contributed by atoms with Gasteiger partial charge in [-0.2, -0.15) is 0 Å². The lowest BCUT2D eigenvalue weighted by atomic mass is 9.94. The summed E-state index contributed by atoms with van der Waals surface area (Å²) in [4.78, 5) is 27.6. The van der Waals surface area contributed by atoms with E-state index in [1.165, 1.54) is 25.3 Å². The van der Waals surface area contributed by atoms with E-state index in [1.54, 1.807) is 12.1 Å². The number of rotatable bonds is 5. The van der Waals surface area contributed by atoms with Gasteiger partial charge in [-0.1, -0.05) is 73.9 Å². The van der Waals surface area contributed by atoms with E-state index in [0.717, 1.165) is 29.2 Å². The van der Waals surface area contributed by atoms with E-state index in [1.807, 2.05) is 60.5 Å². The number of hydrogen-bond donors (Lipinski definition) is 1. The molecule has 3 aromatic rings. The summed E-state index contributed by atoms with van der Waals surface area (Å²) in [6, 6.07) is 21.6. The van der Waals surface area contributed by atoms with Gasteiger partial charge < -0.3 is 10.2 Å². The summed E-state index contributed by atoms with van der Waals surface area (Å²) in [6.45, 7) is 0. The molecule has 3 aromatic carbocycles. The van der Waals surface area contributed by atoms with Gasteiger partial charge in [0.2, 0.25) is 5.91 Å². The fraction of sp³-hybridized carbons (Fsp3) is 0.259. The van der Waals surface area contributed by atoms with Crippen molar-refractivity contribution in [2.24, 2.45) is 0 Å². The van der Waals surface area contributed by atoms with Gasteiger partial charge in [0.25, 0.3) is 5.91 Å². The molecule has 0 saturated heterocycles. The molecule has 1 aliphatic rings. The summed E-state index contributed by atoms with van der Waals surface area (Å²) in [6.07, 6.45) is 9.01. The number of amides is 2. The van der Waals surface area contributed by atoms with E-state index in [4.69, 9.17) is 0 Å². The summed E-state index contributed by atoms with van der Waals surface area (Å²) in [5, 5.41) is 5.12. The molecule has 0 heterocycles. The topological polar surface area (TPSA) is 49.4 Å². The molecule has 2 amide bonds. The molecular formula is C27H28N2O2. The van der Waals surface area contributed by atoms with E-state index in [2.05, 4.69) is 17.4 Å². The van der Waals surface area contributed by atoms with Gasteiger partial charge in [0.15, 0.2) is 0 Å². The van der Waals surface area contributed by atoms with Gasteiger partial charge in [-0.25, -0.2) is 0 Å². The van der Waals surface area contributed by atoms with Crippen molar-refractivity contribution in [3.8, 4) is 0 Å². The van der Waals surface area contributed by atoms with Crippen molar-refractivity contribution in [2.45, 2.75) is 38.1 Å². The standard InChI is InChI=1S/C27H28N2O2/c1-29(22-13-3-2-4-14-22)27(31)24-16-7-8-17-25(24)28-26(30)19-18-21-12-9-11-20-10-5-6-15-23(20)21/h5-12,15-19,22H,2-4,13-14H2,1H3,(H,28,30). The van der Waals surface area contributed by atoms with Crippen molar-refractivity contribution in [3.05, 3.63) is 83.9 Å². The molecule has 4 heteroatoms. The summed E-state index contributed by atoms with van der Waals surface area (Å²) in [7, 11) is 1.87. The SMILES string of the molecule is CN(C(=O)c1ccccc1NC(=O)C=Cc1cccc2ccccc12)C1CCCCC1. The lowest BCUT2D eigenvalue weighted by Crippen LogP contribution is -2.38. The number of nitrogens with zero attached hydrogens (tertiary/aromatic N) is 1. The second-order valence-electron chi connectivity index (χ2n) is 8.14. The third-order valence-corrected chi connectivity index (χ3v) is 6.10. The Balaban J connectivity index is 1.50. The fourth-order valence-corrected chi connectivity index (χ4v) is 4.34. The molecule has 0 radical (unpaired) electrons. The first-order chi connectivity index (χ1) is 15.1. The number of fused-ring (bicyclic) bond motifs is 1. The third-order valence-electron chi connectivity index (χ3n) is 6.10. The Labute approximate surface area is 183 Å². The highest BCUT2D eigenvalue weighted by molar-refractivity contribution is 6.08. The monoisotopic (exact) mass is 412 g/mol. The van der Waals surface area contributed by atoms with Crippen LogP contribution in [0.25, 0.3) is 16.8 Å². The number of benzene rings is 3. The van der Waals surface area contributed by atoms with Crippen molar-refractivity contribution in [1.29, 1.82) is 0 Å². The minimum absolute atomic E-state index is 0.0409. The molecule has 1 saturated carbocycles. The Morgan fingerprint density at radius 1 is 0.903 bits per heavy atom. The zero-order valence-electron chi connectivity index (χ0n) is 17.9. The van der Waals surface area contributed by atoms with E-state index in [9.17, 15) is 9.59 Å². The van der Waals surface area contributed by atoms with Gasteiger partial charge in [-0.15, -0.1) is 0 Å². The van der Waals surface area contributed by atoms with Crippen LogP contribution in [0.4, 0.5) is 5.69 Å². The van der Waals surface area contributed by atoms with Crippen LogP contribution in [0.5, 0.6) is 0 Å². The molecule has 0 bridgehead atoms. The quantitative estimate of drug-likeness (QED) is 0.531. The predicted molar refractivity (Wildman–Crippen MR) is 127 cm³/mol. The second kappa shape index (κ2) is 9.61. The van der Waals surface area contributed by atoms with E-state index >= 15 is 0 Å². The van der Waals surface area contributed by atoms with Gasteiger partial charge in [-0.3, -0.25) is 9.59 Å². The van der Waals surface area contributed by atoms with Crippen LogP contribution in [-0.4, -0.2) is 29.8 Å². The van der Waals surface area contributed by atoms with Crippen LogP contribution in [0.3, 0.4) is 0 Å². The zero-order valence-corrected chi connectivity index (χ0v) is 17.9. The largest absolute Gasteiger partial charge is 0.339 e. The Morgan fingerprint density at radius 2 is 1.61 bits per heavy atom. The smallest absolute Gasteiger partial charge is 0.255 e. The summed E-state index contributed by atoms with van der Waals surface area (Å²) in [5.74, 6) is -0.297. The van der Waals surface area contributed by atoms with Gasteiger partial charge in [0.05, 0.1) is 11.3 Å². The van der Waals surface area contributed by atoms with Crippen LogP contribution in [0.15, 0.2) is 72.8 Å². The maximum Gasteiger partial charge on any atom is 0.255 e.